The molecule has 17 heavy (non-hydrogen) atoms. The van der Waals surface area contributed by atoms with Gasteiger partial charge < -0.3 is 9.63 Å². The van der Waals surface area contributed by atoms with Crippen molar-refractivity contribution in [1.29, 1.82) is 0 Å². The summed E-state index contributed by atoms with van der Waals surface area (Å²) in [5, 5.41) is 12.1. The van der Waals surface area contributed by atoms with Crippen LogP contribution in [0.3, 0.4) is 0 Å². The first kappa shape index (κ1) is 11.5. The van der Waals surface area contributed by atoms with Gasteiger partial charge in [0, 0.05) is 0 Å². The summed E-state index contributed by atoms with van der Waals surface area (Å²) in [6, 6.07) is 0. The first-order valence-corrected chi connectivity index (χ1v) is 6.46. The molecule has 2 aromatic heterocycles. The Bertz CT molecular complexity index is 630. The molecule has 0 bridgehead atoms. The molecule has 90 valence electrons. The SMILES string of the molecule is O=C(O)c1ncsc1S(=O)(=O)Nc1cnoc1. The van der Waals surface area contributed by atoms with E-state index in [1.807, 2.05) is 0 Å². The van der Waals surface area contributed by atoms with E-state index in [0.29, 0.717) is 11.3 Å². The molecule has 2 N–H and O–H groups in total. The van der Waals surface area contributed by atoms with E-state index in [0.717, 1.165) is 18.0 Å². The summed E-state index contributed by atoms with van der Waals surface area (Å²) in [7, 11) is -3.99. The van der Waals surface area contributed by atoms with E-state index in [2.05, 4.69) is 19.4 Å². The number of hydrogen-bond acceptors (Lipinski definition) is 7. The Balaban J connectivity index is 2.38. The number of hydrogen-bond donors (Lipinski definition) is 2. The Morgan fingerprint density at radius 2 is 2.29 bits per heavy atom. The average molecular weight is 275 g/mol. The van der Waals surface area contributed by atoms with Crippen molar-refractivity contribution in [3.05, 3.63) is 23.7 Å². The predicted molar refractivity (Wildman–Crippen MR) is 56.4 cm³/mol. The van der Waals surface area contributed by atoms with E-state index in [1.165, 1.54) is 0 Å². The summed E-state index contributed by atoms with van der Waals surface area (Å²) >= 11 is 0.713. The van der Waals surface area contributed by atoms with Crippen molar-refractivity contribution in [2.24, 2.45) is 0 Å². The summed E-state index contributed by atoms with van der Waals surface area (Å²) in [4.78, 5) is 14.2. The molecule has 0 unspecified atom stereocenters. The van der Waals surface area contributed by atoms with Crippen LogP contribution in [0.5, 0.6) is 0 Å². The summed E-state index contributed by atoms with van der Waals surface area (Å²) in [5.74, 6) is -1.41. The number of anilines is 1. The summed E-state index contributed by atoms with van der Waals surface area (Å²) in [6.07, 6.45) is 2.23. The van der Waals surface area contributed by atoms with Crippen molar-refractivity contribution in [2.75, 3.05) is 4.72 Å². The first-order chi connectivity index (χ1) is 8.00. The van der Waals surface area contributed by atoms with Crippen molar-refractivity contribution < 1.29 is 22.8 Å². The zero-order chi connectivity index (χ0) is 12.5. The van der Waals surface area contributed by atoms with E-state index >= 15 is 0 Å². The van der Waals surface area contributed by atoms with Crippen LogP contribution in [0.2, 0.25) is 0 Å². The Morgan fingerprint density at radius 3 is 2.88 bits per heavy atom. The molecular formula is C7H5N3O5S2. The quantitative estimate of drug-likeness (QED) is 0.838. The van der Waals surface area contributed by atoms with Crippen LogP contribution in [0.1, 0.15) is 10.5 Å². The van der Waals surface area contributed by atoms with Crippen LogP contribution in [-0.4, -0.2) is 29.6 Å². The van der Waals surface area contributed by atoms with Gasteiger partial charge in [-0.05, 0) is 0 Å². The second-order valence-electron chi connectivity index (χ2n) is 2.81. The lowest BCUT2D eigenvalue weighted by molar-refractivity contribution is 0.0687. The van der Waals surface area contributed by atoms with Crippen molar-refractivity contribution in [3.63, 3.8) is 0 Å². The molecule has 0 fully saturated rings. The molecule has 2 heterocycles. The predicted octanol–water partition coefficient (Wildman–Crippen LogP) is 0.630. The number of rotatable bonds is 4. The summed E-state index contributed by atoms with van der Waals surface area (Å²) in [6.45, 7) is 0. The molecule has 0 spiro atoms. The number of sulfonamides is 1. The molecular weight excluding hydrogens is 270 g/mol. The lowest BCUT2D eigenvalue weighted by atomic mass is 10.5. The molecule has 0 aromatic carbocycles. The van der Waals surface area contributed by atoms with Crippen LogP contribution in [0.4, 0.5) is 5.69 Å². The Hall–Kier alpha value is -1.94. The number of nitrogens with one attached hydrogen (secondary N) is 1. The van der Waals surface area contributed by atoms with Gasteiger partial charge in [0.2, 0.25) is 0 Å². The molecule has 8 nitrogen and oxygen atoms in total. The Kier molecular flexibility index (Phi) is 2.81. The van der Waals surface area contributed by atoms with Gasteiger partial charge in [-0.2, -0.15) is 0 Å². The van der Waals surface area contributed by atoms with Crippen LogP contribution < -0.4 is 4.72 Å². The molecule has 0 saturated heterocycles. The van der Waals surface area contributed by atoms with Gasteiger partial charge in [-0.15, -0.1) is 11.3 Å². The highest BCUT2D eigenvalue weighted by Crippen LogP contribution is 2.22. The maximum absolute atomic E-state index is 11.8. The number of thiazole rings is 1. The van der Waals surface area contributed by atoms with E-state index in [1.54, 1.807) is 0 Å². The first-order valence-electron chi connectivity index (χ1n) is 4.09. The number of nitrogens with zero attached hydrogens (tertiary/aromatic N) is 2. The Labute approximate surface area is 98.9 Å². The topological polar surface area (TPSA) is 122 Å². The molecule has 10 heteroatoms. The highest BCUT2D eigenvalue weighted by molar-refractivity contribution is 7.94. The van der Waals surface area contributed by atoms with Crippen LogP contribution >= 0.6 is 11.3 Å². The molecule has 0 saturated carbocycles. The fraction of sp³-hybridized carbons (Fsp3) is 0. The third-order valence-electron chi connectivity index (χ3n) is 1.67. The molecule has 0 radical (unpaired) electrons. The second kappa shape index (κ2) is 4.14. The lowest BCUT2D eigenvalue weighted by Gasteiger charge is -2.02. The number of carbonyl (C=O) groups is 1. The lowest BCUT2D eigenvalue weighted by Crippen LogP contribution is -2.14. The number of carboxylic acids is 1. The van der Waals surface area contributed by atoms with Gasteiger partial charge in [0.25, 0.3) is 10.0 Å². The van der Waals surface area contributed by atoms with E-state index < -0.39 is 21.7 Å². The van der Waals surface area contributed by atoms with Gasteiger partial charge in [0.15, 0.2) is 9.90 Å². The van der Waals surface area contributed by atoms with Crippen molar-refractivity contribution in [1.82, 2.24) is 10.1 Å². The molecule has 0 aliphatic carbocycles. The van der Waals surface area contributed by atoms with Crippen molar-refractivity contribution in [3.8, 4) is 0 Å². The fourth-order valence-corrected chi connectivity index (χ4v) is 3.19. The smallest absolute Gasteiger partial charge is 0.356 e. The molecule has 0 amide bonds. The largest absolute Gasteiger partial charge is 0.476 e. The van der Waals surface area contributed by atoms with Gasteiger partial charge >= 0.3 is 5.97 Å². The van der Waals surface area contributed by atoms with E-state index in [4.69, 9.17) is 5.11 Å². The molecule has 2 rings (SSSR count). The molecule has 0 aliphatic heterocycles. The van der Waals surface area contributed by atoms with Gasteiger partial charge in [-0.25, -0.2) is 18.2 Å². The normalized spacial score (nSPS) is 11.3. The van der Waals surface area contributed by atoms with Gasteiger partial charge in [-0.3, -0.25) is 4.72 Å². The fourth-order valence-electron chi connectivity index (χ4n) is 1.03. The molecule has 0 aliphatic rings. The van der Waals surface area contributed by atoms with Gasteiger partial charge in [-0.1, -0.05) is 5.16 Å². The maximum Gasteiger partial charge on any atom is 0.356 e. The van der Waals surface area contributed by atoms with Crippen LogP contribution in [0.15, 0.2) is 26.7 Å². The monoisotopic (exact) mass is 275 g/mol. The highest BCUT2D eigenvalue weighted by atomic mass is 32.2. The van der Waals surface area contributed by atoms with Crippen molar-refractivity contribution >= 4 is 33.0 Å². The summed E-state index contributed by atoms with van der Waals surface area (Å²) < 4.78 is 29.8. The standard InChI is InChI=1S/C7H5N3O5S2/c11-6(12)5-7(16-3-8-5)17(13,14)10-4-1-9-15-2-4/h1-3,10H,(H,11,12). The van der Waals surface area contributed by atoms with Crippen LogP contribution in [-0.2, 0) is 10.0 Å². The minimum Gasteiger partial charge on any atom is -0.476 e. The van der Waals surface area contributed by atoms with Crippen LogP contribution in [0.25, 0.3) is 0 Å². The maximum atomic E-state index is 11.8. The second-order valence-corrected chi connectivity index (χ2v) is 5.54. The van der Waals surface area contributed by atoms with Crippen LogP contribution in [0, 0.1) is 0 Å². The zero-order valence-corrected chi connectivity index (χ0v) is 9.66. The summed E-state index contributed by atoms with van der Waals surface area (Å²) in [5.41, 5.74) is 0.736. The zero-order valence-electron chi connectivity index (χ0n) is 8.02. The molecule has 2 aromatic rings. The minimum absolute atomic E-state index is 0.106. The third kappa shape index (κ3) is 2.26. The number of carboxylic acid groups (broad SMARTS) is 1. The van der Waals surface area contributed by atoms with Crippen molar-refractivity contribution in [2.45, 2.75) is 4.21 Å². The van der Waals surface area contributed by atoms with E-state index in [9.17, 15) is 13.2 Å². The van der Waals surface area contributed by atoms with Gasteiger partial charge in [0.1, 0.15) is 12.0 Å². The molecule has 0 atom stereocenters. The highest BCUT2D eigenvalue weighted by Gasteiger charge is 2.26. The van der Waals surface area contributed by atoms with Gasteiger partial charge in [0.05, 0.1) is 11.7 Å². The minimum atomic E-state index is -3.99. The third-order valence-corrected chi connectivity index (χ3v) is 4.42. The number of aromatic carboxylic acids is 1. The average Bonchev–Trinajstić information content (AvgIpc) is 2.84. The Morgan fingerprint density at radius 1 is 1.53 bits per heavy atom. The number of aromatic nitrogens is 2. The van der Waals surface area contributed by atoms with E-state index in [-0.39, 0.29) is 9.90 Å².